The fourth-order valence-corrected chi connectivity index (χ4v) is 3.39. The normalized spacial score (nSPS) is 14.0. The van der Waals surface area contributed by atoms with Crippen LogP contribution >= 0.6 is 0 Å². The summed E-state index contributed by atoms with van der Waals surface area (Å²) in [4.78, 5) is 37.1. The highest BCUT2D eigenvalue weighted by atomic mass is 16.5. The van der Waals surface area contributed by atoms with E-state index in [1.165, 1.54) is 0 Å². The number of phenols is 1. The minimum atomic E-state index is -1.82. The number of para-hydroxylation sites is 1. The summed E-state index contributed by atoms with van der Waals surface area (Å²) < 4.78 is 5.45. The van der Waals surface area contributed by atoms with Crippen LogP contribution in [0.2, 0.25) is 0 Å². The van der Waals surface area contributed by atoms with Crippen LogP contribution in [0.3, 0.4) is 0 Å². The molecule has 1 fully saturated rings. The topological polar surface area (TPSA) is 149 Å². The number of amides is 1. The number of nitrogens with zero attached hydrogens (tertiary/aromatic N) is 2. The van der Waals surface area contributed by atoms with Gasteiger partial charge < -0.3 is 25.4 Å². The number of aromatic hydroxyl groups is 1. The number of carboxylic acids is 2. The van der Waals surface area contributed by atoms with Crippen LogP contribution in [0, 0.1) is 5.92 Å². The van der Waals surface area contributed by atoms with Crippen LogP contribution < -0.4 is 10.1 Å². The molecule has 33 heavy (non-hydrogen) atoms. The largest absolute Gasteiger partial charge is 0.504 e. The molecule has 2 aromatic rings. The van der Waals surface area contributed by atoms with Gasteiger partial charge in [-0.3, -0.25) is 14.7 Å². The van der Waals surface area contributed by atoms with E-state index in [9.17, 15) is 9.90 Å². The van der Waals surface area contributed by atoms with Gasteiger partial charge in [0.25, 0.3) is 0 Å². The molecule has 0 bridgehead atoms. The van der Waals surface area contributed by atoms with Gasteiger partial charge in [-0.15, -0.1) is 0 Å². The van der Waals surface area contributed by atoms with Crippen molar-refractivity contribution in [2.75, 3.05) is 19.7 Å². The lowest BCUT2D eigenvalue weighted by Crippen LogP contribution is -2.40. The second-order valence-electron chi connectivity index (χ2n) is 7.40. The Morgan fingerprint density at radius 3 is 2.36 bits per heavy atom. The molecule has 0 unspecified atom stereocenters. The molecule has 3 rings (SSSR count). The zero-order chi connectivity index (χ0) is 24.2. The number of nitrogens with one attached hydrogen (secondary N) is 1. The molecule has 178 valence electrons. The molecule has 10 nitrogen and oxygen atoms in total. The molecule has 1 saturated heterocycles. The number of hydrogen-bond donors (Lipinski definition) is 4. The van der Waals surface area contributed by atoms with Gasteiger partial charge in [-0.2, -0.15) is 0 Å². The fourth-order valence-electron chi connectivity index (χ4n) is 3.39. The van der Waals surface area contributed by atoms with Gasteiger partial charge in [-0.25, -0.2) is 9.59 Å². The lowest BCUT2D eigenvalue weighted by molar-refractivity contribution is -0.159. The summed E-state index contributed by atoms with van der Waals surface area (Å²) >= 11 is 0. The number of aromatic nitrogens is 1. The molecule has 0 spiro atoms. The number of benzene rings is 1. The van der Waals surface area contributed by atoms with Crippen LogP contribution in [0.5, 0.6) is 11.5 Å². The number of carboxylic acid groups (broad SMARTS) is 2. The lowest BCUT2D eigenvalue weighted by Gasteiger charge is -2.31. The van der Waals surface area contributed by atoms with E-state index in [4.69, 9.17) is 24.5 Å². The Kier molecular flexibility index (Phi) is 10.1. The zero-order valence-corrected chi connectivity index (χ0v) is 18.4. The van der Waals surface area contributed by atoms with E-state index in [1.54, 1.807) is 12.3 Å². The summed E-state index contributed by atoms with van der Waals surface area (Å²) in [6, 6.07) is 11.3. The second kappa shape index (κ2) is 13.0. The van der Waals surface area contributed by atoms with Crippen molar-refractivity contribution in [3.63, 3.8) is 0 Å². The minimum absolute atomic E-state index is 0.0355. The average Bonchev–Trinajstić information content (AvgIpc) is 2.82. The number of hydrogen-bond acceptors (Lipinski definition) is 7. The Morgan fingerprint density at radius 2 is 1.79 bits per heavy atom. The molecule has 10 heteroatoms. The molecule has 1 aromatic heterocycles. The van der Waals surface area contributed by atoms with Gasteiger partial charge >= 0.3 is 11.9 Å². The first-order valence-corrected chi connectivity index (χ1v) is 10.6. The number of likely N-dealkylation sites (tertiary alicyclic amines) is 1. The number of phenolic OH excluding ortho intramolecular Hbond substituents is 1. The quantitative estimate of drug-likeness (QED) is 0.455. The van der Waals surface area contributed by atoms with E-state index >= 15 is 0 Å². The molecule has 1 aliphatic rings. The van der Waals surface area contributed by atoms with Crippen LogP contribution in [0.1, 0.15) is 31.0 Å². The zero-order valence-electron chi connectivity index (χ0n) is 18.4. The number of aliphatic carboxylic acids is 2. The number of carbonyl (C=O) groups excluding carboxylic acids is 1. The van der Waals surface area contributed by atoms with E-state index in [0.717, 1.165) is 37.2 Å². The summed E-state index contributed by atoms with van der Waals surface area (Å²) in [6.07, 6.45) is 3.37. The van der Waals surface area contributed by atoms with Gasteiger partial charge in [0.05, 0.1) is 18.8 Å². The summed E-state index contributed by atoms with van der Waals surface area (Å²) in [5, 5.41) is 28.1. The molecule has 1 amide bonds. The smallest absolute Gasteiger partial charge is 0.414 e. The van der Waals surface area contributed by atoms with E-state index < -0.39 is 11.9 Å². The molecule has 0 saturated carbocycles. The highest BCUT2D eigenvalue weighted by Crippen LogP contribution is 2.31. The third-order valence-corrected chi connectivity index (χ3v) is 5.09. The van der Waals surface area contributed by atoms with E-state index in [0.29, 0.717) is 25.4 Å². The van der Waals surface area contributed by atoms with E-state index in [1.807, 2.05) is 37.3 Å². The van der Waals surface area contributed by atoms with Crippen LogP contribution in [0.4, 0.5) is 0 Å². The molecule has 0 aliphatic carbocycles. The fraction of sp³-hybridized carbons (Fsp3) is 0.391. The Balaban J connectivity index is 0.000000569. The van der Waals surface area contributed by atoms with Gasteiger partial charge in [-0.1, -0.05) is 18.2 Å². The Labute approximate surface area is 191 Å². The molecular weight excluding hydrogens is 430 g/mol. The molecule has 0 atom stereocenters. The first-order valence-electron chi connectivity index (χ1n) is 10.6. The van der Waals surface area contributed by atoms with Crippen LogP contribution in [0.15, 0.2) is 42.6 Å². The summed E-state index contributed by atoms with van der Waals surface area (Å²) in [5.74, 6) is -2.77. The maximum Gasteiger partial charge on any atom is 0.414 e. The van der Waals surface area contributed by atoms with Crippen molar-refractivity contribution in [3.05, 3.63) is 53.9 Å². The first kappa shape index (κ1) is 25.6. The molecular formula is C23H29N3O7. The highest BCUT2D eigenvalue weighted by Gasteiger charge is 2.25. The van der Waals surface area contributed by atoms with Crippen LogP contribution in [-0.2, 0) is 27.5 Å². The van der Waals surface area contributed by atoms with Crippen molar-refractivity contribution in [1.82, 2.24) is 15.2 Å². The van der Waals surface area contributed by atoms with Crippen molar-refractivity contribution in [3.8, 4) is 11.5 Å². The maximum atomic E-state index is 12.4. The third-order valence-electron chi connectivity index (χ3n) is 5.09. The molecule has 4 N–H and O–H groups in total. The van der Waals surface area contributed by atoms with E-state index in [2.05, 4.69) is 15.2 Å². The standard InChI is InChI=1S/C21H27N3O3.C2H2O4/c1-2-27-19-8-5-6-17(20(19)25)15-24-12-9-16(10-13-24)21(26)23-14-18-7-3-4-11-22-18;3-1(4)2(5)6/h3-8,11,16,25H,2,9-10,12-15H2,1H3,(H,23,26);(H,3,4)(H,5,6). The van der Waals surface area contributed by atoms with Crippen LogP contribution in [0.25, 0.3) is 0 Å². The van der Waals surface area contributed by atoms with Crippen molar-refractivity contribution in [2.24, 2.45) is 5.92 Å². The third kappa shape index (κ3) is 8.41. The minimum Gasteiger partial charge on any atom is -0.504 e. The predicted molar refractivity (Wildman–Crippen MR) is 119 cm³/mol. The summed E-state index contributed by atoms with van der Waals surface area (Å²) in [5.41, 5.74) is 1.73. The van der Waals surface area contributed by atoms with Gasteiger partial charge in [0.2, 0.25) is 5.91 Å². The predicted octanol–water partition coefficient (Wildman–Crippen LogP) is 1.87. The van der Waals surface area contributed by atoms with Gasteiger partial charge in [0, 0.05) is 24.2 Å². The van der Waals surface area contributed by atoms with Crippen molar-refractivity contribution < 1.29 is 34.4 Å². The number of rotatable bonds is 7. The maximum absolute atomic E-state index is 12.4. The number of ether oxygens (including phenoxy) is 1. The molecule has 1 aromatic carbocycles. The average molecular weight is 459 g/mol. The van der Waals surface area contributed by atoms with Crippen LogP contribution in [-0.4, -0.2) is 62.7 Å². The molecule has 2 heterocycles. The SMILES string of the molecule is CCOc1cccc(CN2CCC(C(=O)NCc3ccccn3)CC2)c1O.O=C(O)C(=O)O. The van der Waals surface area contributed by atoms with Gasteiger partial charge in [-0.05, 0) is 51.1 Å². The Bertz CT molecular complexity index is 917. The molecule has 1 aliphatic heterocycles. The first-order chi connectivity index (χ1) is 15.8. The van der Waals surface area contributed by atoms with Gasteiger partial charge in [0.1, 0.15) is 0 Å². The second-order valence-corrected chi connectivity index (χ2v) is 7.40. The van der Waals surface area contributed by atoms with Gasteiger partial charge in [0.15, 0.2) is 11.5 Å². The monoisotopic (exact) mass is 459 g/mol. The number of piperidine rings is 1. The highest BCUT2D eigenvalue weighted by molar-refractivity contribution is 6.27. The van der Waals surface area contributed by atoms with Crippen molar-refractivity contribution in [2.45, 2.75) is 32.9 Å². The number of pyridine rings is 1. The Hall–Kier alpha value is -3.66. The lowest BCUT2D eigenvalue weighted by atomic mass is 9.95. The summed E-state index contributed by atoms with van der Waals surface area (Å²) in [7, 11) is 0. The van der Waals surface area contributed by atoms with E-state index in [-0.39, 0.29) is 17.6 Å². The Morgan fingerprint density at radius 1 is 1.09 bits per heavy atom. The number of carbonyl (C=O) groups is 3. The summed E-state index contributed by atoms with van der Waals surface area (Å²) in [6.45, 7) is 5.22. The van der Waals surface area contributed by atoms with Crippen molar-refractivity contribution in [1.29, 1.82) is 0 Å². The van der Waals surface area contributed by atoms with Crippen molar-refractivity contribution >= 4 is 17.8 Å². The molecule has 0 radical (unpaired) electrons.